The van der Waals surface area contributed by atoms with E-state index in [-0.39, 0.29) is 17.8 Å². The fraction of sp³-hybridized carbons (Fsp3) is 0.333. The molecule has 0 aliphatic rings. The van der Waals surface area contributed by atoms with E-state index in [4.69, 9.17) is 4.74 Å². The lowest BCUT2D eigenvalue weighted by Crippen LogP contribution is -2.22. The van der Waals surface area contributed by atoms with Crippen molar-refractivity contribution < 1.29 is 32.0 Å². The van der Waals surface area contributed by atoms with Crippen molar-refractivity contribution in [1.29, 1.82) is 0 Å². The molecule has 0 bridgehead atoms. The van der Waals surface area contributed by atoms with Crippen LogP contribution in [0, 0.1) is 0 Å². The highest BCUT2D eigenvalue weighted by atomic mass is 19.4. The average molecular weight is 357 g/mol. The Morgan fingerprint density at radius 2 is 1.92 bits per heavy atom. The number of benzene rings is 1. The van der Waals surface area contributed by atoms with Crippen LogP contribution >= 0.6 is 0 Å². The van der Waals surface area contributed by atoms with Crippen LogP contribution in [0.4, 0.5) is 18.9 Å². The summed E-state index contributed by atoms with van der Waals surface area (Å²) in [4.78, 5) is 26.6. The Morgan fingerprint density at radius 3 is 2.48 bits per heavy atom. The second-order valence-electron chi connectivity index (χ2n) is 4.97. The Hall–Kier alpha value is -2.75. The standard InChI is InChI=1S/C15H14F3N3O4/c1-24-8-2-3-11(22)13(23)19-10-6-4-9(5-7-10)12-20-14(25-21-12)15(16,17)18/h4-7H,2-3,8H2,1H3,(H,19,23). The molecule has 0 saturated heterocycles. The molecule has 7 nitrogen and oxygen atoms in total. The van der Waals surface area contributed by atoms with E-state index in [9.17, 15) is 22.8 Å². The number of alkyl halides is 3. The Balaban J connectivity index is 1.99. The quantitative estimate of drug-likeness (QED) is 0.605. The van der Waals surface area contributed by atoms with Crippen molar-refractivity contribution in [3.63, 3.8) is 0 Å². The van der Waals surface area contributed by atoms with Gasteiger partial charge in [-0.1, -0.05) is 5.16 Å². The summed E-state index contributed by atoms with van der Waals surface area (Å²) in [6.45, 7) is 0.373. The summed E-state index contributed by atoms with van der Waals surface area (Å²) in [6, 6.07) is 5.63. The highest BCUT2D eigenvalue weighted by Gasteiger charge is 2.38. The number of halogens is 3. The summed E-state index contributed by atoms with van der Waals surface area (Å²) < 4.78 is 46.2. The minimum absolute atomic E-state index is 0.0564. The Morgan fingerprint density at radius 1 is 1.24 bits per heavy atom. The van der Waals surface area contributed by atoms with Gasteiger partial charge in [0.15, 0.2) is 0 Å². The van der Waals surface area contributed by atoms with Gasteiger partial charge in [-0.15, -0.1) is 0 Å². The van der Waals surface area contributed by atoms with Crippen molar-refractivity contribution in [3.05, 3.63) is 30.2 Å². The van der Waals surface area contributed by atoms with Crippen LogP contribution in [0.1, 0.15) is 18.7 Å². The first-order chi connectivity index (χ1) is 11.8. The molecule has 0 spiro atoms. The van der Waals surface area contributed by atoms with Crippen LogP contribution in [0.15, 0.2) is 28.8 Å². The second-order valence-corrected chi connectivity index (χ2v) is 4.97. The largest absolute Gasteiger partial charge is 0.471 e. The summed E-state index contributed by atoms with van der Waals surface area (Å²) in [5.41, 5.74) is 0.581. The summed E-state index contributed by atoms with van der Waals surface area (Å²) in [5, 5.41) is 5.66. The first kappa shape index (κ1) is 18.6. The molecule has 134 valence electrons. The molecule has 0 saturated carbocycles. The number of Topliss-reactive ketones (excluding diaryl/α,β-unsaturated/α-hetero) is 1. The van der Waals surface area contributed by atoms with Crippen LogP contribution in [0.25, 0.3) is 11.4 Å². The van der Waals surface area contributed by atoms with E-state index in [1.807, 2.05) is 0 Å². The van der Waals surface area contributed by atoms with Gasteiger partial charge in [-0.25, -0.2) is 0 Å². The molecule has 1 aromatic heterocycles. The maximum absolute atomic E-state index is 12.4. The SMILES string of the molecule is COCCCC(=O)C(=O)Nc1ccc(-c2noc(C(F)(F)F)n2)cc1. The van der Waals surface area contributed by atoms with E-state index >= 15 is 0 Å². The lowest BCUT2D eigenvalue weighted by molar-refractivity contribution is -0.159. The molecule has 1 N–H and O–H groups in total. The summed E-state index contributed by atoms with van der Waals surface area (Å²) in [7, 11) is 1.49. The molecule has 25 heavy (non-hydrogen) atoms. The number of anilines is 1. The lowest BCUT2D eigenvalue weighted by atomic mass is 10.2. The molecular weight excluding hydrogens is 343 g/mol. The van der Waals surface area contributed by atoms with Crippen LogP contribution in [-0.2, 0) is 20.5 Å². The van der Waals surface area contributed by atoms with Gasteiger partial charge >= 0.3 is 12.1 Å². The van der Waals surface area contributed by atoms with Crippen molar-refractivity contribution >= 4 is 17.4 Å². The fourth-order valence-electron chi connectivity index (χ4n) is 1.85. The number of hydrogen-bond donors (Lipinski definition) is 1. The number of nitrogens with zero attached hydrogens (tertiary/aromatic N) is 2. The van der Waals surface area contributed by atoms with Crippen LogP contribution in [0.5, 0.6) is 0 Å². The third-order valence-corrected chi connectivity index (χ3v) is 3.08. The minimum Gasteiger partial charge on any atom is -0.385 e. The summed E-state index contributed by atoms with van der Waals surface area (Å²) in [6.07, 6.45) is -4.23. The van der Waals surface area contributed by atoms with Crippen LogP contribution in [0.2, 0.25) is 0 Å². The molecule has 1 amide bonds. The van der Waals surface area contributed by atoms with E-state index in [0.717, 1.165) is 0 Å². The van der Waals surface area contributed by atoms with Gasteiger partial charge in [0.2, 0.25) is 11.6 Å². The van der Waals surface area contributed by atoms with Crippen molar-refractivity contribution in [2.75, 3.05) is 19.0 Å². The van der Waals surface area contributed by atoms with E-state index in [2.05, 4.69) is 20.0 Å². The Bertz CT molecular complexity index is 741. The molecule has 0 atom stereocenters. The molecule has 0 aliphatic heterocycles. The van der Waals surface area contributed by atoms with Gasteiger partial charge in [0, 0.05) is 31.4 Å². The molecule has 1 aromatic carbocycles. The topological polar surface area (TPSA) is 94.3 Å². The maximum Gasteiger partial charge on any atom is 0.471 e. The van der Waals surface area contributed by atoms with E-state index in [0.29, 0.717) is 18.7 Å². The molecule has 0 fully saturated rings. The number of nitrogens with one attached hydrogen (secondary N) is 1. The highest BCUT2D eigenvalue weighted by molar-refractivity contribution is 6.40. The van der Waals surface area contributed by atoms with E-state index < -0.39 is 23.8 Å². The Labute approximate surface area is 140 Å². The van der Waals surface area contributed by atoms with Crippen LogP contribution in [0.3, 0.4) is 0 Å². The van der Waals surface area contributed by atoms with E-state index in [1.165, 1.54) is 31.4 Å². The van der Waals surface area contributed by atoms with Gasteiger partial charge in [-0.2, -0.15) is 18.2 Å². The average Bonchev–Trinajstić information content (AvgIpc) is 3.06. The van der Waals surface area contributed by atoms with Gasteiger partial charge in [0.05, 0.1) is 0 Å². The molecule has 0 unspecified atom stereocenters. The van der Waals surface area contributed by atoms with Gasteiger partial charge in [0.25, 0.3) is 5.91 Å². The van der Waals surface area contributed by atoms with Gasteiger partial charge in [-0.05, 0) is 30.7 Å². The molecule has 2 aromatic rings. The first-order valence-electron chi connectivity index (χ1n) is 7.15. The van der Waals surface area contributed by atoms with Crippen LogP contribution in [-0.4, -0.2) is 35.5 Å². The lowest BCUT2D eigenvalue weighted by Gasteiger charge is -2.05. The molecule has 1 heterocycles. The van der Waals surface area contributed by atoms with Crippen molar-refractivity contribution in [2.24, 2.45) is 0 Å². The zero-order chi connectivity index (χ0) is 18.4. The fourth-order valence-corrected chi connectivity index (χ4v) is 1.85. The number of aromatic nitrogens is 2. The molecular formula is C15H14F3N3O4. The van der Waals surface area contributed by atoms with Crippen LogP contribution < -0.4 is 5.32 Å². The molecule has 0 aliphatic carbocycles. The Kier molecular flexibility index (Phi) is 5.86. The predicted molar refractivity (Wildman–Crippen MR) is 79.5 cm³/mol. The second kappa shape index (κ2) is 7.88. The normalized spacial score (nSPS) is 11.4. The molecule has 10 heteroatoms. The number of ketones is 1. The van der Waals surface area contributed by atoms with Crippen molar-refractivity contribution in [3.8, 4) is 11.4 Å². The van der Waals surface area contributed by atoms with Gasteiger partial charge < -0.3 is 14.6 Å². The predicted octanol–water partition coefficient (Wildman–Crippen LogP) is 2.69. The number of methoxy groups -OCH3 is 1. The van der Waals surface area contributed by atoms with Gasteiger partial charge in [0.1, 0.15) is 0 Å². The number of carbonyl (C=O) groups is 2. The first-order valence-corrected chi connectivity index (χ1v) is 7.15. The smallest absolute Gasteiger partial charge is 0.385 e. The highest BCUT2D eigenvalue weighted by Crippen LogP contribution is 2.29. The van der Waals surface area contributed by atoms with E-state index in [1.54, 1.807) is 0 Å². The third kappa shape index (κ3) is 5.11. The maximum atomic E-state index is 12.4. The van der Waals surface area contributed by atoms with Gasteiger partial charge in [-0.3, -0.25) is 9.59 Å². The zero-order valence-electron chi connectivity index (χ0n) is 13.1. The van der Waals surface area contributed by atoms with Crippen molar-refractivity contribution in [1.82, 2.24) is 10.1 Å². The zero-order valence-corrected chi connectivity index (χ0v) is 13.1. The molecule has 2 rings (SSSR count). The number of hydrogen-bond acceptors (Lipinski definition) is 6. The third-order valence-electron chi connectivity index (χ3n) is 3.08. The summed E-state index contributed by atoms with van der Waals surface area (Å²) in [5.74, 6) is -3.04. The number of carbonyl (C=O) groups excluding carboxylic acids is 2. The minimum atomic E-state index is -4.72. The monoisotopic (exact) mass is 357 g/mol. The number of ether oxygens (including phenoxy) is 1. The molecule has 0 radical (unpaired) electrons. The van der Waals surface area contributed by atoms with Crippen molar-refractivity contribution in [2.45, 2.75) is 19.0 Å². The number of rotatable bonds is 7. The number of amides is 1. The summed E-state index contributed by atoms with van der Waals surface area (Å²) >= 11 is 0.